The highest BCUT2D eigenvalue weighted by Gasteiger charge is 2.14. The van der Waals surface area contributed by atoms with E-state index in [0.717, 1.165) is 6.20 Å². The Morgan fingerprint density at radius 2 is 2.28 bits per heavy atom. The molecule has 1 rings (SSSR count). The summed E-state index contributed by atoms with van der Waals surface area (Å²) in [6.07, 6.45) is 2.86. The van der Waals surface area contributed by atoms with Gasteiger partial charge in [0.25, 0.3) is 5.69 Å². The smallest absolute Gasteiger partial charge is 0.410 e. The number of pyridine rings is 1. The van der Waals surface area contributed by atoms with Crippen LogP contribution in [0.3, 0.4) is 0 Å². The first-order valence-electron chi connectivity index (χ1n) is 4.89. The van der Waals surface area contributed by atoms with E-state index in [2.05, 4.69) is 4.98 Å². The SMILES string of the molecule is CN(C)/C=C/c1cc(NC(=O)O)ncc1[N+](=O)[O-]. The molecule has 1 heterocycles. The molecule has 0 aromatic carbocycles. The van der Waals surface area contributed by atoms with Crippen LogP contribution in [0.2, 0.25) is 0 Å². The molecule has 0 aliphatic rings. The van der Waals surface area contributed by atoms with E-state index >= 15 is 0 Å². The Labute approximate surface area is 103 Å². The van der Waals surface area contributed by atoms with Gasteiger partial charge in [-0.25, -0.2) is 9.78 Å². The van der Waals surface area contributed by atoms with Gasteiger partial charge in [-0.15, -0.1) is 0 Å². The molecule has 8 heteroatoms. The van der Waals surface area contributed by atoms with Gasteiger partial charge in [0.1, 0.15) is 12.0 Å². The minimum atomic E-state index is -1.28. The van der Waals surface area contributed by atoms with Crippen LogP contribution >= 0.6 is 0 Å². The van der Waals surface area contributed by atoms with E-state index in [4.69, 9.17) is 5.11 Å². The van der Waals surface area contributed by atoms with E-state index in [9.17, 15) is 14.9 Å². The van der Waals surface area contributed by atoms with Crippen molar-refractivity contribution < 1.29 is 14.8 Å². The van der Waals surface area contributed by atoms with Crippen molar-refractivity contribution in [2.75, 3.05) is 19.4 Å². The Hall–Kier alpha value is -2.64. The summed E-state index contributed by atoms with van der Waals surface area (Å²) < 4.78 is 0. The molecule has 0 bridgehead atoms. The first kappa shape index (κ1) is 13.4. The quantitative estimate of drug-likeness (QED) is 0.622. The molecule has 1 aromatic rings. The van der Waals surface area contributed by atoms with Crippen LogP contribution in [0.25, 0.3) is 6.08 Å². The van der Waals surface area contributed by atoms with Crippen molar-refractivity contribution >= 4 is 23.7 Å². The fourth-order valence-electron chi connectivity index (χ4n) is 1.16. The molecule has 0 aliphatic heterocycles. The van der Waals surface area contributed by atoms with Gasteiger partial charge < -0.3 is 10.0 Å². The predicted octanol–water partition coefficient (Wildman–Crippen LogP) is 1.61. The minimum Gasteiger partial charge on any atom is -0.465 e. The third-order valence-corrected chi connectivity index (χ3v) is 1.90. The molecule has 2 N–H and O–H groups in total. The molecule has 0 spiro atoms. The average Bonchev–Trinajstić information content (AvgIpc) is 2.25. The molecular formula is C10H12N4O4. The highest BCUT2D eigenvalue weighted by molar-refractivity contribution is 5.82. The number of aromatic nitrogens is 1. The van der Waals surface area contributed by atoms with Crippen LogP contribution in [-0.4, -0.2) is 40.1 Å². The molecule has 1 aromatic heterocycles. The number of carbonyl (C=O) groups is 1. The van der Waals surface area contributed by atoms with Gasteiger partial charge in [0.15, 0.2) is 0 Å². The van der Waals surface area contributed by atoms with Crippen LogP contribution in [-0.2, 0) is 0 Å². The summed E-state index contributed by atoms with van der Waals surface area (Å²) in [6.45, 7) is 0. The Morgan fingerprint density at radius 3 is 2.78 bits per heavy atom. The van der Waals surface area contributed by atoms with Gasteiger partial charge in [0.2, 0.25) is 0 Å². The van der Waals surface area contributed by atoms with Crippen molar-refractivity contribution in [2.45, 2.75) is 0 Å². The zero-order valence-electron chi connectivity index (χ0n) is 9.82. The number of hydrogen-bond acceptors (Lipinski definition) is 5. The summed E-state index contributed by atoms with van der Waals surface area (Å²) in [5.74, 6) is 0.0338. The van der Waals surface area contributed by atoms with Crippen molar-refractivity contribution in [1.82, 2.24) is 9.88 Å². The van der Waals surface area contributed by atoms with Gasteiger partial charge in [-0.3, -0.25) is 15.4 Å². The van der Waals surface area contributed by atoms with Crippen LogP contribution < -0.4 is 5.32 Å². The first-order chi connectivity index (χ1) is 8.40. The second-order valence-corrected chi connectivity index (χ2v) is 3.59. The molecule has 0 atom stereocenters. The van der Waals surface area contributed by atoms with E-state index in [0.29, 0.717) is 0 Å². The van der Waals surface area contributed by atoms with Crippen molar-refractivity contribution in [1.29, 1.82) is 0 Å². The largest absolute Gasteiger partial charge is 0.465 e. The number of anilines is 1. The van der Waals surface area contributed by atoms with E-state index in [-0.39, 0.29) is 17.1 Å². The standard InChI is InChI=1S/C10H12N4O4/c1-13(2)4-3-7-5-9(12-10(15)16)11-6-8(7)14(17)18/h3-6H,1-2H3,(H,11,12)(H,15,16)/b4-3+. The maximum Gasteiger partial charge on any atom is 0.410 e. The van der Waals surface area contributed by atoms with Crippen molar-refractivity contribution in [3.05, 3.63) is 34.1 Å². The number of carboxylic acid groups (broad SMARTS) is 1. The zero-order valence-corrected chi connectivity index (χ0v) is 9.82. The summed E-state index contributed by atoms with van der Waals surface area (Å²) in [5.41, 5.74) is 0.0801. The molecular weight excluding hydrogens is 240 g/mol. The van der Waals surface area contributed by atoms with Crippen LogP contribution in [0.5, 0.6) is 0 Å². The number of nitro groups is 1. The van der Waals surface area contributed by atoms with Gasteiger partial charge in [-0.2, -0.15) is 0 Å². The second-order valence-electron chi connectivity index (χ2n) is 3.59. The summed E-state index contributed by atoms with van der Waals surface area (Å²) in [4.78, 5) is 26.0. The third kappa shape index (κ3) is 3.74. The van der Waals surface area contributed by atoms with Crippen molar-refractivity contribution in [3.8, 4) is 0 Å². The molecule has 18 heavy (non-hydrogen) atoms. The van der Waals surface area contributed by atoms with Gasteiger partial charge in [-0.1, -0.05) is 0 Å². The maximum atomic E-state index is 10.8. The number of nitrogens with zero attached hydrogens (tertiary/aromatic N) is 3. The summed E-state index contributed by atoms with van der Waals surface area (Å²) in [7, 11) is 3.53. The normalized spacial score (nSPS) is 10.3. The van der Waals surface area contributed by atoms with E-state index in [1.807, 2.05) is 5.32 Å². The minimum absolute atomic E-state index is 0.0338. The van der Waals surface area contributed by atoms with Crippen molar-refractivity contribution in [2.24, 2.45) is 0 Å². The third-order valence-electron chi connectivity index (χ3n) is 1.90. The Balaban J connectivity index is 3.15. The average molecular weight is 252 g/mol. The number of rotatable bonds is 4. The molecule has 0 saturated heterocycles. The number of hydrogen-bond donors (Lipinski definition) is 2. The predicted molar refractivity (Wildman–Crippen MR) is 65.3 cm³/mol. The Kier molecular flexibility index (Phi) is 4.19. The molecule has 1 amide bonds. The first-order valence-corrected chi connectivity index (χ1v) is 4.89. The lowest BCUT2D eigenvalue weighted by Gasteiger charge is -2.05. The lowest BCUT2D eigenvalue weighted by Crippen LogP contribution is -2.09. The molecule has 0 aliphatic carbocycles. The summed E-state index contributed by atoms with van der Waals surface area (Å²) in [6, 6.07) is 1.30. The Bertz CT molecular complexity index is 499. The fraction of sp³-hybridized carbons (Fsp3) is 0.200. The van der Waals surface area contributed by atoms with Gasteiger partial charge in [0.05, 0.1) is 10.5 Å². The van der Waals surface area contributed by atoms with E-state index in [1.54, 1.807) is 25.2 Å². The zero-order chi connectivity index (χ0) is 13.7. The van der Waals surface area contributed by atoms with Crippen LogP contribution in [0.4, 0.5) is 16.3 Å². The second kappa shape index (κ2) is 5.62. The monoisotopic (exact) mass is 252 g/mol. The number of nitrogens with one attached hydrogen (secondary N) is 1. The van der Waals surface area contributed by atoms with Crippen LogP contribution in [0.1, 0.15) is 5.56 Å². The lowest BCUT2D eigenvalue weighted by molar-refractivity contribution is -0.385. The van der Waals surface area contributed by atoms with E-state index < -0.39 is 11.0 Å². The molecule has 0 saturated carbocycles. The van der Waals surface area contributed by atoms with Gasteiger partial charge in [-0.05, 0) is 18.3 Å². The summed E-state index contributed by atoms with van der Waals surface area (Å²) >= 11 is 0. The molecule has 8 nitrogen and oxygen atoms in total. The maximum absolute atomic E-state index is 10.8. The lowest BCUT2D eigenvalue weighted by atomic mass is 10.2. The summed E-state index contributed by atoms with van der Waals surface area (Å²) in [5, 5.41) is 21.4. The van der Waals surface area contributed by atoms with Gasteiger partial charge >= 0.3 is 6.09 Å². The molecule has 96 valence electrons. The molecule has 0 unspecified atom stereocenters. The van der Waals surface area contributed by atoms with Crippen molar-refractivity contribution in [3.63, 3.8) is 0 Å². The molecule has 0 radical (unpaired) electrons. The number of amides is 1. The topological polar surface area (TPSA) is 109 Å². The highest BCUT2D eigenvalue weighted by Crippen LogP contribution is 2.21. The molecule has 0 fully saturated rings. The Morgan fingerprint density at radius 1 is 1.61 bits per heavy atom. The van der Waals surface area contributed by atoms with Crippen LogP contribution in [0, 0.1) is 10.1 Å². The van der Waals surface area contributed by atoms with Gasteiger partial charge in [0, 0.05) is 14.1 Å². The van der Waals surface area contributed by atoms with Crippen LogP contribution in [0.15, 0.2) is 18.5 Å². The van der Waals surface area contributed by atoms with E-state index in [1.165, 1.54) is 12.1 Å². The fourth-order valence-corrected chi connectivity index (χ4v) is 1.16. The highest BCUT2D eigenvalue weighted by atomic mass is 16.6.